The molecule has 0 unspecified atom stereocenters. The van der Waals surface area contributed by atoms with Gasteiger partial charge in [-0.05, 0) is 54.2 Å². The Morgan fingerprint density at radius 1 is 1.47 bits per heavy atom. The number of carbonyl (C=O) groups is 1. The maximum atomic E-state index is 12.3. The third kappa shape index (κ3) is 1.36. The molecule has 0 saturated heterocycles. The van der Waals surface area contributed by atoms with Crippen LogP contribution < -0.4 is 10.2 Å². The van der Waals surface area contributed by atoms with Crippen molar-refractivity contribution in [2.75, 3.05) is 16.8 Å². The van der Waals surface area contributed by atoms with E-state index in [2.05, 4.69) is 39.1 Å². The molecule has 1 spiro atoms. The van der Waals surface area contributed by atoms with Crippen molar-refractivity contribution < 1.29 is 4.79 Å². The summed E-state index contributed by atoms with van der Waals surface area (Å²) < 4.78 is 0.955. The second-order valence-electron chi connectivity index (χ2n) is 4.72. The molecule has 1 aliphatic carbocycles. The highest BCUT2D eigenvalue weighted by Gasteiger charge is 2.51. The first-order valence-corrected chi connectivity index (χ1v) is 6.86. The monoisotopic (exact) mass is 294 g/mol. The summed E-state index contributed by atoms with van der Waals surface area (Å²) in [6, 6.07) is 6.07. The Bertz CT molecular complexity index is 482. The fraction of sp³-hybridized carbons (Fsp3) is 0.462. The first kappa shape index (κ1) is 11.1. The molecule has 3 nitrogen and oxygen atoms in total. The summed E-state index contributed by atoms with van der Waals surface area (Å²) in [7, 11) is 0. The average Bonchev–Trinajstić information content (AvgIpc) is 2.26. The van der Waals surface area contributed by atoms with E-state index >= 15 is 0 Å². The molecule has 90 valence electrons. The molecule has 1 N–H and O–H groups in total. The summed E-state index contributed by atoms with van der Waals surface area (Å²) in [5.74, 6) is 0.157. The number of carbonyl (C=O) groups excluding carboxylic acids is 1. The Labute approximate surface area is 109 Å². The number of likely N-dealkylation sites (N-methyl/N-ethyl adjacent to an activating group) is 1. The molecule has 1 aliphatic heterocycles. The van der Waals surface area contributed by atoms with Crippen LogP contribution in [0.4, 0.5) is 11.4 Å². The van der Waals surface area contributed by atoms with E-state index in [1.54, 1.807) is 0 Å². The fourth-order valence-corrected chi connectivity index (χ4v) is 3.38. The van der Waals surface area contributed by atoms with Crippen molar-refractivity contribution in [3.63, 3.8) is 0 Å². The number of rotatable bonds is 1. The number of nitrogens with one attached hydrogen (secondary N) is 1. The summed E-state index contributed by atoms with van der Waals surface area (Å²) in [5.41, 5.74) is 1.78. The summed E-state index contributed by atoms with van der Waals surface area (Å²) >= 11 is 3.50. The lowest BCUT2D eigenvalue weighted by molar-refractivity contribution is -0.124. The van der Waals surface area contributed by atoms with Gasteiger partial charge in [-0.25, -0.2) is 0 Å². The van der Waals surface area contributed by atoms with Crippen molar-refractivity contribution in [1.82, 2.24) is 0 Å². The smallest absolute Gasteiger partial charge is 0.250 e. The van der Waals surface area contributed by atoms with Gasteiger partial charge in [-0.2, -0.15) is 0 Å². The van der Waals surface area contributed by atoms with E-state index in [0.29, 0.717) is 0 Å². The van der Waals surface area contributed by atoms with Crippen LogP contribution in [-0.4, -0.2) is 18.0 Å². The predicted octanol–water partition coefficient (Wildman–Crippen LogP) is 3.15. The summed E-state index contributed by atoms with van der Waals surface area (Å²) in [6.45, 7) is 2.99. The SMILES string of the molecule is CCN1c2cccc(Br)c2NC(=O)C12CCC2. The minimum atomic E-state index is -0.275. The van der Waals surface area contributed by atoms with Crippen molar-refractivity contribution in [3.8, 4) is 0 Å². The molecule has 4 heteroatoms. The van der Waals surface area contributed by atoms with Crippen LogP contribution in [0.3, 0.4) is 0 Å². The number of fused-ring (bicyclic) bond motifs is 1. The van der Waals surface area contributed by atoms with Gasteiger partial charge in [0.05, 0.1) is 11.4 Å². The molecule has 1 fully saturated rings. The first-order valence-electron chi connectivity index (χ1n) is 6.06. The largest absolute Gasteiger partial charge is 0.356 e. The summed E-state index contributed by atoms with van der Waals surface area (Å²) in [4.78, 5) is 14.6. The third-order valence-electron chi connectivity index (χ3n) is 3.96. The Morgan fingerprint density at radius 2 is 2.24 bits per heavy atom. The van der Waals surface area contributed by atoms with Crippen LogP contribution in [0, 0.1) is 0 Å². The van der Waals surface area contributed by atoms with E-state index in [9.17, 15) is 4.79 Å². The van der Waals surface area contributed by atoms with E-state index in [1.807, 2.05) is 12.1 Å². The lowest BCUT2D eigenvalue weighted by Crippen LogP contribution is -2.63. The third-order valence-corrected chi connectivity index (χ3v) is 4.62. The number of halogens is 1. The number of anilines is 2. The molecular weight excluding hydrogens is 280 g/mol. The zero-order valence-corrected chi connectivity index (χ0v) is 11.4. The second-order valence-corrected chi connectivity index (χ2v) is 5.57. The van der Waals surface area contributed by atoms with Gasteiger partial charge >= 0.3 is 0 Å². The molecule has 17 heavy (non-hydrogen) atoms. The maximum absolute atomic E-state index is 12.3. The molecule has 0 radical (unpaired) electrons. The molecule has 0 aromatic heterocycles. The van der Waals surface area contributed by atoms with Gasteiger partial charge in [-0.3, -0.25) is 4.79 Å². The number of nitrogens with zero attached hydrogens (tertiary/aromatic N) is 1. The Balaban J connectivity index is 2.15. The van der Waals surface area contributed by atoms with Crippen molar-refractivity contribution in [1.29, 1.82) is 0 Å². The normalized spacial score (nSPS) is 20.8. The van der Waals surface area contributed by atoms with Crippen LogP contribution in [0.15, 0.2) is 22.7 Å². The highest BCUT2D eigenvalue weighted by molar-refractivity contribution is 9.10. The molecule has 1 amide bonds. The minimum Gasteiger partial charge on any atom is -0.356 e. The van der Waals surface area contributed by atoms with Gasteiger partial charge in [0.2, 0.25) is 5.91 Å². The van der Waals surface area contributed by atoms with E-state index in [-0.39, 0.29) is 11.4 Å². The number of hydrogen-bond donors (Lipinski definition) is 1. The number of hydrogen-bond acceptors (Lipinski definition) is 2. The topological polar surface area (TPSA) is 32.3 Å². The van der Waals surface area contributed by atoms with Gasteiger partial charge in [-0.15, -0.1) is 0 Å². The lowest BCUT2D eigenvalue weighted by Gasteiger charge is -2.52. The molecule has 1 aromatic rings. The Morgan fingerprint density at radius 3 is 2.82 bits per heavy atom. The van der Waals surface area contributed by atoms with Crippen molar-refractivity contribution in [3.05, 3.63) is 22.7 Å². The molecule has 1 aromatic carbocycles. The number of benzene rings is 1. The molecular formula is C13H15BrN2O. The van der Waals surface area contributed by atoms with Crippen LogP contribution in [0.25, 0.3) is 0 Å². The molecule has 2 aliphatic rings. The Kier molecular flexibility index (Phi) is 2.43. The van der Waals surface area contributed by atoms with Crippen LogP contribution >= 0.6 is 15.9 Å². The van der Waals surface area contributed by atoms with Crippen molar-refractivity contribution in [2.45, 2.75) is 31.7 Å². The van der Waals surface area contributed by atoms with Crippen LogP contribution in [-0.2, 0) is 4.79 Å². The highest BCUT2D eigenvalue weighted by atomic mass is 79.9. The Hall–Kier alpha value is -1.03. The maximum Gasteiger partial charge on any atom is 0.250 e. The van der Waals surface area contributed by atoms with Gasteiger partial charge in [0, 0.05) is 11.0 Å². The second kappa shape index (κ2) is 3.73. The standard InChI is InChI=1S/C13H15BrN2O/c1-2-16-10-6-3-5-9(14)11(10)15-12(17)13(16)7-4-8-13/h3,5-6H,2,4,7-8H2,1H3,(H,15,17). The highest BCUT2D eigenvalue weighted by Crippen LogP contribution is 2.48. The summed E-state index contributed by atoms with van der Waals surface area (Å²) in [6.07, 6.45) is 3.09. The quantitative estimate of drug-likeness (QED) is 0.863. The number of amides is 1. The average molecular weight is 295 g/mol. The molecule has 1 saturated carbocycles. The van der Waals surface area contributed by atoms with E-state index in [4.69, 9.17) is 0 Å². The molecule has 1 heterocycles. The first-order chi connectivity index (χ1) is 8.19. The van der Waals surface area contributed by atoms with Crippen LogP contribution in [0.2, 0.25) is 0 Å². The van der Waals surface area contributed by atoms with Crippen LogP contribution in [0.1, 0.15) is 26.2 Å². The number of para-hydroxylation sites is 1. The van der Waals surface area contributed by atoms with Crippen molar-refractivity contribution >= 4 is 33.2 Å². The van der Waals surface area contributed by atoms with E-state index in [1.165, 1.54) is 0 Å². The molecule has 0 bridgehead atoms. The zero-order valence-electron chi connectivity index (χ0n) is 9.79. The van der Waals surface area contributed by atoms with Crippen molar-refractivity contribution in [2.24, 2.45) is 0 Å². The van der Waals surface area contributed by atoms with E-state index in [0.717, 1.165) is 41.7 Å². The van der Waals surface area contributed by atoms with Gasteiger partial charge < -0.3 is 10.2 Å². The fourth-order valence-electron chi connectivity index (χ4n) is 2.93. The van der Waals surface area contributed by atoms with Gasteiger partial charge in [-0.1, -0.05) is 6.07 Å². The molecule has 0 atom stereocenters. The summed E-state index contributed by atoms with van der Waals surface area (Å²) in [5, 5.41) is 3.06. The predicted molar refractivity (Wildman–Crippen MR) is 72.4 cm³/mol. The molecule has 3 rings (SSSR count). The van der Waals surface area contributed by atoms with Crippen LogP contribution in [0.5, 0.6) is 0 Å². The van der Waals surface area contributed by atoms with E-state index < -0.39 is 0 Å². The van der Waals surface area contributed by atoms with Gasteiger partial charge in [0.1, 0.15) is 5.54 Å². The van der Waals surface area contributed by atoms with Gasteiger partial charge in [0.15, 0.2) is 0 Å². The zero-order chi connectivity index (χ0) is 12.0. The lowest BCUT2D eigenvalue weighted by atomic mass is 9.73. The van der Waals surface area contributed by atoms with Gasteiger partial charge in [0.25, 0.3) is 0 Å². The minimum absolute atomic E-state index is 0.157.